The van der Waals surface area contributed by atoms with Crippen LogP contribution in [0.1, 0.15) is 24.5 Å². The van der Waals surface area contributed by atoms with Crippen LogP contribution in [0, 0.1) is 5.82 Å². The van der Waals surface area contributed by atoms with Gasteiger partial charge in [-0.1, -0.05) is 31.2 Å². The van der Waals surface area contributed by atoms with Gasteiger partial charge in [0.1, 0.15) is 11.6 Å². The third-order valence-electron chi connectivity index (χ3n) is 4.18. The maximum Gasteiger partial charge on any atom is 0.263 e. The smallest absolute Gasteiger partial charge is 0.263 e. The van der Waals surface area contributed by atoms with Gasteiger partial charge in [0.25, 0.3) is 5.91 Å². The molecule has 0 saturated heterocycles. The number of amides is 1. The van der Waals surface area contributed by atoms with Crippen molar-refractivity contribution in [1.29, 1.82) is 0 Å². The largest absolute Gasteiger partial charge is 0.481 e. The molecule has 1 heterocycles. The number of benzene rings is 2. The molecular weight excluding hydrogens is 293 g/mol. The van der Waals surface area contributed by atoms with Gasteiger partial charge >= 0.3 is 0 Å². The molecule has 1 amide bonds. The Morgan fingerprint density at radius 2 is 1.87 bits per heavy atom. The fraction of sp³-hybridized carbons (Fsp3) is 0.316. The highest BCUT2D eigenvalue weighted by atomic mass is 19.1. The quantitative estimate of drug-likeness (QED) is 0.863. The lowest BCUT2D eigenvalue weighted by Crippen LogP contribution is -2.44. The summed E-state index contributed by atoms with van der Waals surface area (Å²) in [4.78, 5) is 14.6. The molecule has 1 unspecified atom stereocenters. The number of hydrogen-bond donors (Lipinski definition) is 0. The van der Waals surface area contributed by atoms with Crippen LogP contribution in [0.3, 0.4) is 0 Å². The second-order valence-corrected chi connectivity index (χ2v) is 5.75. The Bertz CT molecular complexity index is 684. The lowest BCUT2D eigenvalue weighted by molar-refractivity contribution is -0.139. The van der Waals surface area contributed by atoms with Gasteiger partial charge in [-0.3, -0.25) is 4.79 Å². The van der Waals surface area contributed by atoms with Crippen molar-refractivity contribution in [2.75, 3.05) is 6.54 Å². The Morgan fingerprint density at radius 3 is 2.57 bits per heavy atom. The van der Waals surface area contributed by atoms with Crippen LogP contribution in [-0.2, 0) is 17.8 Å². The minimum atomic E-state index is -0.536. The third kappa shape index (κ3) is 3.52. The average Bonchev–Trinajstić information content (AvgIpc) is 2.60. The standard InChI is InChI=1S/C19H20FNO2/c1-2-18(23-17-9-7-16(20)8-10-17)19(22)21-12-11-14-5-3-4-6-15(14)13-21/h3-10,18H,2,11-13H2,1H3. The molecule has 3 nitrogen and oxygen atoms in total. The summed E-state index contributed by atoms with van der Waals surface area (Å²) in [7, 11) is 0. The van der Waals surface area contributed by atoms with Crippen LogP contribution in [0.4, 0.5) is 4.39 Å². The molecule has 120 valence electrons. The van der Waals surface area contributed by atoms with Gasteiger partial charge in [-0.05, 0) is 48.2 Å². The van der Waals surface area contributed by atoms with Gasteiger partial charge in [-0.2, -0.15) is 0 Å². The number of halogens is 1. The molecule has 0 radical (unpaired) electrons. The van der Waals surface area contributed by atoms with E-state index in [4.69, 9.17) is 4.74 Å². The Balaban J connectivity index is 1.69. The summed E-state index contributed by atoms with van der Waals surface area (Å²) >= 11 is 0. The Morgan fingerprint density at radius 1 is 1.17 bits per heavy atom. The molecule has 0 spiro atoms. The van der Waals surface area contributed by atoms with Crippen molar-refractivity contribution < 1.29 is 13.9 Å². The van der Waals surface area contributed by atoms with Crippen LogP contribution in [0.25, 0.3) is 0 Å². The summed E-state index contributed by atoms with van der Waals surface area (Å²) in [5, 5.41) is 0. The SMILES string of the molecule is CCC(Oc1ccc(F)cc1)C(=O)N1CCc2ccccc2C1. The summed E-state index contributed by atoms with van der Waals surface area (Å²) in [5.74, 6) is 0.194. The second kappa shape index (κ2) is 6.82. The van der Waals surface area contributed by atoms with E-state index in [1.165, 1.54) is 23.3 Å². The normalized spacial score (nSPS) is 15.0. The van der Waals surface area contributed by atoms with Gasteiger partial charge in [0.2, 0.25) is 0 Å². The third-order valence-corrected chi connectivity index (χ3v) is 4.18. The molecule has 1 atom stereocenters. The van der Waals surface area contributed by atoms with E-state index < -0.39 is 6.10 Å². The summed E-state index contributed by atoms with van der Waals surface area (Å²) < 4.78 is 18.7. The fourth-order valence-electron chi connectivity index (χ4n) is 2.87. The van der Waals surface area contributed by atoms with Gasteiger partial charge < -0.3 is 9.64 Å². The molecule has 1 aliphatic rings. The van der Waals surface area contributed by atoms with E-state index >= 15 is 0 Å². The predicted molar refractivity (Wildman–Crippen MR) is 86.7 cm³/mol. The lowest BCUT2D eigenvalue weighted by Gasteiger charge is -2.31. The second-order valence-electron chi connectivity index (χ2n) is 5.75. The highest BCUT2D eigenvalue weighted by molar-refractivity contribution is 5.81. The van der Waals surface area contributed by atoms with Gasteiger partial charge in [0.15, 0.2) is 6.10 Å². The lowest BCUT2D eigenvalue weighted by atomic mass is 9.99. The van der Waals surface area contributed by atoms with Crippen LogP contribution in [-0.4, -0.2) is 23.5 Å². The topological polar surface area (TPSA) is 29.5 Å². The molecule has 23 heavy (non-hydrogen) atoms. The van der Waals surface area contributed by atoms with Gasteiger partial charge in [-0.15, -0.1) is 0 Å². The highest BCUT2D eigenvalue weighted by Gasteiger charge is 2.27. The van der Waals surface area contributed by atoms with Crippen molar-refractivity contribution in [3.8, 4) is 5.75 Å². The number of nitrogens with zero attached hydrogens (tertiary/aromatic N) is 1. The number of hydrogen-bond acceptors (Lipinski definition) is 2. The number of fused-ring (bicyclic) bond motifs is 1. The highest BCUT2D eigenvalue weighted by Crippen LogP contribution is 2.21. The molecule has 0 saturated carbocycles. The van der Waals surface area contributed by atoms with Crippen molar-refractivity contribution in [2.24, 2.45) is 0 Å². The summed E-state index contributed by atoms with van der Waals surface area (Å²) in [5.41, 5.74) is 2.51. The van der Waals surface area contributed by atoms with Crippen molar-refractivity contribution in [2.45, 2.75) is 32.4 Å². The van der Waals surface area contributed by atoms with Crippen molar-refractivity contribution in [3.05, 3.63) is 65.5 Å². The van der Waals surface area contributed by atoms with Crippen LogP contribution < -0.4 is 4.74 Å². The van der Waals surface area contributed by atoms with Crippen LogP contribution in [0.5, 0.6) is 5.75 Å². The van der Waals surface area contributed by atoms with E-state index in [-0.39, 0.29) is 11.7 Å². The molecule has 4 heteroatoms. The van der Waals surface area contributed by atoms with E-state index in [0.717, 1.165) is 6.42 Å². The first-order chi connectivity index (χ1) is 11.2. The maximum absolute atomic E-state index is 13.0. The molecule has 2 aromatic carbocycles. The summed E-state index contributed by atoms with van der Waals surface area (Å²) in [6.07, 6.45) is 0.911. The molecule has 0 fully saturated rings. The molecule has 2 aromatic rings. The molecule has 0 aliphatic carbocycles. The van der Waals surface area contributed by atoms with Crippen LogP contribution in [0.2, 0.25) is 0 Å². The number of carbonyl (C=O) groups is 1. The molecule has 0 bridgehead atoms. The zero-order valence-corrected chi connectivity index (χ0v) is 13.2. The fourth-order valence-corrected chi connectivity index (χ4v) is 2.87. The van der Waals surface area contributed by atoms with Crippen molar-refractivity contribution >= 4 is 5.91 Å². The van der Waals surface area contributed by atoms with E-state index in [1.54, 1.807) is 12.1 Å². The number of rotatable bonds is 4. The number of ether oxygens (including phenoxy) is 1. The minimum absolute atomic E-state index is 0.00803. The monoisotopic (exact) mass is 313 g/mol. The van der Waals surface area contributed by atoms with Gasteiger partial charge in [0, 0.05) is 13.1 Å². The van der Waals surface area contributed by atoms with Crippen molar-refractivity contribution in [1.82, 2.24) is 4.90 Å². The van der Waals surface area contributed by atoms with E-state index in [2.05, 4.69) is 12.1 Å². The van der Waals surface area contributed by atoms with Crippen LogP contribution >= 0.6 is 0 Å². The van der Waals surface area contributed by atoms with Gasteiger partial charge in [0.05, 0.1) is 0 Å². The zero-order valence-electron chi connectivity index (χ0n) is 13.2. The summed E-state index contributed by atoms with van der Waals surface area (Å²) in [6, 6.07) is 14.0. The first-order valence-electron chi connectivity index (χ1n) is 7.95. The number of carbonyl (C=O) groups excluding carboxylic acids is 1. The predicted octanol–water partition coefficient (Wildman–Crippen LogP) is 3.57. The van der Waals surface area contributed by atoms with Crippen molar-refractivity contribution in [3.63, 3.8) is 0 Å². The molecule has 1 aliphatic heterocycles. The molecule has 3 rings (SSSR count). The van der Waals surface area contributed by atoms with Crippen LogP contribution in [0.15, 0.2) is 48.5 Å². The molecule has 0 N–H and O–H groups in total. The zero-order chi connectivity index (χ0) is 16.2. The van der Waals surface area contributed by atoms with E-state index in [0.29, 0.717) is 25.3 Å². The Labute approximate surface area is 135 Å². The average molecular weight is 313 g/mol. The first-order valence-corrected chi connectivity index (χ1v) is 7.95. The van der Waals surface area contributed by atoms with E-state index in [1.807, 2.05) is 24.0 Å². The minimum Gasteiger partial charge on any atom is -0.481 e. The van der Waals surface area contributed by atoms with E-state index in [9.17, 15) is 9.18 Å². The van der Waals surface area contributed by atoms with Gasteiger partial charge in [-0.25, -0.2) is 4.39 Å². The maximum atomic E-state index is 13.0. The first kappa shape index (κ1) is 15.5. The molecule has 0 aromatic heterocycles. The molecular formula is C19H20FNO2. The Kier molecular flexibility index (Phi) is 4.60. The Hall–Kier alpha value is -2.36. The summed E-state index contributed by atoms with van der Waals surface area (Å²) in [6.45, 7) is 3.25.